The summed E-state index contributed by atoms with van der Waals surface area (Å²) in [5, 5.41) is 0. The van der Waals surface area contributed by atoms with Crippen molar-refractivity contribution < 1.29 is 14.3 Å². The van der Waals surface area contributed by atoms with Gasteiger partial charge in [-0.2, -0.15) is 0 Å². The number of hydrogen-bond donors (Lipinski definition) is 0. The van der Waals surface area contributed by atoms with Crippen molar-refractivity contribution in [3.8, 4) is 0 Å². The highest BCUT2D eigenvalue weighted by Gasteiger charge is 2.60. The lowest BCUT2D eigenvalue weighted by Gasteiger charge is -2.59. The molecule has 0 aromatic heterocycles. The van der Waals surface area contributed by atoms with Gasteiger partial charge in [0.2, 0.25) is 0 Å². The average Bonchev–Trinajstić information content (AvgIpc) is 2.90. The van der Waals surface area contributed by atoms with Crippen molar-refractivity contribution in [2.24, 2.45) is 34.5 Å². The Balaban J connectivity index is 1.58. The van der Waals surface area contributed by atoms with Crippen molar-refractivity contribution in [2.45, 2.75) is 78.2 Å². The monoisotopic (exact) mass is 346 g/mol. The molecule has 0 saturated heterocycles. The second-order valence-electron chi connectivity index (χ2n) is 9.62. The van der Waals surface area contributed by atoms with E-state index in [0.29, 0.717) is 11.3 Å². The minimum absolute atomic E-state index is 0.103. The zero-order valence-corrected chi connectivity index (χ0v) is 16.3. The maximum Gasteiger partial charge on any atom is 0.302 e. The van der Waals surface area contributed by atoms with Crippen LogP contribution in [0, 0.1) is 34.5 Å². The van der Waals surface area contributed by atoms with Crippen molar-refractivity contribution in [3.05, 3.63) is 11.8 Å². The number of ether oxygens (including phenoxy) is 2. The van der Waals surface area contributed by atoms with Crippen LogP contribution in [0.4, 0.5) is 0 Å². The van der Waals surface area contributed by atoms with Crippen LogP contribution in [0.5, 0.6) is 0 Å². The van der Waals surface area contributed by atoms with Crippen LogP contribution in [0.3, 0.4) is 0 Å². The molecule has 7 atom stereocenters. The van der Waals surface area contributed by atoms with Gasteiger partial charge < -0.3 is 9.47 Å². The summed E-state index contributed by atoms with van der Waals surface area (Å²) in [4.78, 5) is 11.6. The van der Waals surface area contributed by atoms with Gasteiger partial charge in [-0.15, -0.1) is 0 Å². The summed E-state index contributed by atoms with van der Waals surface area (Å²) in [5.74, 6) is 4.17. The van der Waals surface area contributed by atoms with Crippen LogP contribution in [-0.4, -0.2) is 19.2 Å². The zero-order valence-electron chi connectivity index (χ0n) is 16.3. The smallest absolute Gasteiger partial charge is 0.302 e. The van der Waals surface area contributed by atoms with Gasteiger partial charge in [0, 0.05) is 18.8 Å². The summed E-state index contributed by atoms with van der Waals surface area (Å²) in [6.45, 7) is 6.53. The van der Waals surface area contributed by atoms with Gasteiger partial charge in [0.1, 0.15) is 6.10 Å². The number of carbonyl (C=O) groups is 1. The standard InChI is InChI=1S/C22H34O3/c1-14(23)25-20-8-7-18-17-6-5-15-13-16(24-4)9-11-21(15,2)19(17)10-12-22(18,20)3/h13,15,17-20H,5-12H2,1-4H3/t15-,17-,18-,19-,20-,21-,22-/m0/s1. The highest BCUT2D eigenvalue weighted by Crippen LogP contribution is 2.66. The fraction of sp³-hybridized carbons (Fsp3) is 0.864. The van der Waals surface area contributed by atoms with Gasteiger partial charge in [-0.25, -0.2) is 0 Å². The number of carbonyl (C=O) groups excluding carboxylic acids is 1. The molecule has 0 bridgehead atoms. The van der Waals surface area contributed by atoms with Gasteiger partial charge in [-0.3, -0.25) is 4.79 Å². The Bertz CT molecular complexity index is 582. The second-order valence-corrected chi connectivity index (χ2v) is 9.62. The molecule has 0 amide bonds. The lowest BCUT2D eigenvalue weighted by Crippen LogP contribution is -2.53. The molecular formula is C22H34O3. The summed E-state index contributed by atoms with van der Waals surface area (Å²) in [5.41, 5.74) is 0.643. The number of esters is 1. The van der Waals surface area contributed by atoms with E-state index >= 15 is 0 Å². The quantitative estimate of drug-likeness (QED) is 0.653. The van der Waals surface area contributed by atoms with E-state index in [0.717, 1.165) is 30.6 Å². The van der Waals surface area contributed by atoms with Gasteiger partial charge in [-0.1, -0.05) is 13.8 Å². The van der Waals surface area contributed by atoms with Gasteiger partial charge in [0.15, 0.2) is 0 Å². The Morgan fingerprint density at radius 2 is 1.80 bits per heavy atom. The van der Waals surface area contributed by atoms with E-state index < -0.39 is 0 Å². The first-order valence-corrected chi connectivity index (χ1v) is 10.3. The van der Waals surface area contributed by atoms with Crippen molar-refractivity contribution in [1.82, 2.24) is 0 Å². The summed E-state index contributed by atoms with van der Waals surface area (Å²) >= 11 is 0. The van der Waals surface area contributed by atoms with E-state index in [4.69, 9.17) is 9.47 Å². The highest BCUT2D eigenvalue weighted by molar-refractivity contribution is 5.66. The molecule has 0 aromatic carbocycles. The van der Waals surface area contributed by atoms with Crippen molar-refractivity contribution in [2.75, 3.05) is 7.11 Å². The van der Waals surface area contributed by atoms with E-state index in [2.05, 4.69) is 19.9 Å². The fourth-order valence-electron chi connectivity index (χ4n) is 7.35. The molecule has 25 heavy (non-hydrogen) atoms. The molecule has 4 aliphatic rings. The molecule has 0 radical (unpaired) electrons. The highest BCUT2D eigenvalue weighted by atomic mass is 16.5. The molecule has 0 unspecified atom stereocenters. The topological polar surface area (TPSA) is 35.5 Å². The first-order valence-electron chi connectivity index (χ1n) is 10.3. The summed E-state index contributed by atoms with van der Waals surface area (Å²) in [6, 6.07) is 0. The third-order valence-electron chi connectivity index (χ3n) is 8.72. The number of hydrogen-bond acceptors (Lipinski definition) is 3. The van der Waals surface area contributed by atoms with Crippen molar-refractivity contribution >= 4 is 5.97 Å². The summed E-state index contributed by atoms with van der Waals surface area (Å²) < 4.78 is 11.3. The normalized spacial score (nSPS) is 48.6. The Labute approximate surface area is 152 Å². The molecule has 0 spiro atoms. The number of rotatable bonds is 2. The molecule has 3 fully saturated rings. The third kappa shape index (κ3) is 2.56. The zero-order chi connectivity index (χ0) is 17.8. The molecule has 3 saturated carbocycles. The minimum Gasteiger partial charge on any atom is -0.501 e. The number of fused-ring (bicyclic) bond motifs is 5. The first-order chi connectivity index (χ1) is 11.9. The SMILES string of the molecule is COC1=C[C@@H]2CC[C@@H]3[C@H](CC[C@]4(C)[C@@H](OC(C)=O)CC[C@@H]34)[C@@]2(C)CC1. The lowest BCUT2D eigenvalue weighted by atomic mass is 9.46. The largest absolute Gasteiger partial charge is 0.501 e. The Hall–Kier alpha value is -0.990. The van der Waals surface area contributed by atoms with Crippen LogP contribution >= 0.6 is 0 Å². The molecular weight excluding hydrogens is 312 g/mol. The number of allylic oxidation sites excluding steroid dienone is 2. The maximum atomic E-state index is 11.6. The van der Waals surface area contributed by atoms with E-state index in [-0.39, 0.29) is 17.5 Å². The molecule has 3 heteroatoms. The molecule has 4 rings (SSSR count). The Morgan fingerprint density at radius 3 is 2.52 bits per heavy atom. The van der Waals surface area contributed by atoms with Crippen molar-refractivity contribution in [3.63, 3.8) is 0 Å². The molecule has 4 aliphatic carbocycles. The minimum atomic E-state index is -0.103. The van der Waals surface area contributed by atoms with Crippen LogP contribution < -0.4 is 0 Å². The predicted octanol–water partition coefficient (Wildman–Crippen LogP) is 5.10. The number of methoxy groups -OCH3 is 1. The fourth-order valence-corrected chi connectivity index (χ4v) is 7.35. The first kappa shape index (κ1) is 17.4. The average molecular weight is 347 g/mol. The van der Waals surface area contributed by atoms with Gasteiger partial charge in [0.05, 0.1) is 12.9 Å². The molecule has 0 heterocycles. The molecule has 0 aliphatic heterocycles. The Morgan fingerprint density at radius 1 is 1.04 bits per heavy atom. The van der Waals surface area contributed by atoms with E-state index in [9.17, 15) is 4.79 Å². The van der Waals surface area contributed by atoms with Crippen LogP contribution in [0.1, 0.15) is 72.1 Å². The van der Waals surface area contributed by atoms with Crippen molar-refractivity contribution in [1.29, 1.82) is 0 Å². The van der Waals surface area contributed by atoms with Gasteiger partial charge in [0.25, 0.3) is 0 Å². The van der Waals surface area contributed by atoms with Crippen LogP contribution in [0.15, 0.2) is 11.8 Å². The third-order valence-corrected chi connectivity index (χ3v) is 8.72. The van der Waals surface area contributed by atoms with E-state index in [1.807, 2.05) is 7.11 Å². The molecule has 140 valence electrons. The van der Waals surface area contributed by atoms with E-state index in [1.54, 1.807) is 6.92 Å². The van der Waals surface area contributed by atoms with Gasteiger partial charge >= 0.3 is 5.97 Å². The molecule has 3 nitrogen and oxygen atoms in total. The molecule has 0 N–H and O–H groups in total. The van der Waals surface area contributed by atoms with Crippen LogP contribution in [0.2, 0.25) is 0 Å². The summed E-state index contributed by atoms with van der Waals surface area (Å²) in [6.07, 6.45) is 12.4. The summed E-state index contributed by atoms with van der Waals surface area (Å²) in [7, 11) is 1.82. The van der Waals surface area contributed by atoms with E-state index in [1.165, 1.54) is 44.3 Å². The molecule has 0 aromatic rings. The van der Waals surface area contributed by atoms with Crippen LogP contribution in [-0.2, 0) is 14.3 Å². The lowest BCUT2D eigenvalue weighted by molar-refractivity contribution is -0.159. The second kappa shape index (κ2) is 6.03. The van der Waals surface area contributed by atoms with Crippen LogP contribution in [0.25, 0.3) is 0 Å². The maximum absolute atomic E-state index is 11.6. The Kier molecular flexibility index (Phi) is 4.20. The van der Waals surface area contributed by atoms with Gasteiger partial charge in [-0.05, 0) is 80.1 Å². The predicted molar refractivity (Wildman–Crippen MR) is 97.8 cm³/mol.